The van der Waals surface area contributed by atoms with Crippen molar-refractivity contribution in [3.8, 4) is 0 Å². The molecular weight excluding hydrogens is 260 g/mol. The molecule has 3 nitrogen and oxygen atoms in total. The van der Waals surface area contributed by atoms with Crippen LogP contribution >= 0.6 is 11.6 Å². The van der Waals surface area contributed by atoms with Crippen molar-refractivity contribution in [2.75, 3.05) is 13.1 Å². The Morgan fingerprint density at radius 3 is 2.95 bits per heavy atom. The van der Waals surface area contributed by atoms with Crippen LogP contribution in [0, 0.1) is 5.92 Å². The molecule has 1 heterocycles. The fourth-order valence-corrected chi connectivity index (χ4v) is 3.18. The summed E-state index contributed by atoms with van der Waals surface area (Å²) in [7, 11) is 0. The molecule has 1 aliphatic rings. The summed E-state index contributed by atoms with van der Waals surface area (Å²) in [5.74, 6) is 1.63. The molecule has 0 aliphatic heterocycles. The molecule has 1 fully saturated rings. The highest BCUT2D eigenvalue weighted by atomic mass is 35.5. The van der Waals surface area contributed by atoms with Crippen LogP contribution in [-0.2, 0) is 6.54 Å². The number of halogens is 1. The van der Waals surface area contributed by atoms with Crippen molar-refractivity contribution in [3.05, 3.63) is 24.2 Å². The van der Waals surface area contributed by atoms with Gasteiger partial charge in [-0.2, -0.15) is 0 Å². The Morgan fingerprint density at radius 2 is 2.32 bits per heavy atom. The van der Waals surface area contributed by atoms with Crippen molar-refractivity contribution >= 4 is 11.6 Å². The SMILES string of the molecule is CC1CC(N(CCCN)Cc2ccco2)CCC1Cl. The van der Waals surface area contributed by atoms with Gasteiger partial charge in [-0.15, -0.1) is 11.6 Å². The van der Waals surface area contributed by atoms with Crippen LogP contribution < -0.4 is 5.73 Å². The molecule has 1 aromatic rings. The third-order valence-corrected chi connectivity index (χ3v) is 4.79. The van der Waals surface area contributed by atoms with Crippen LogP contribution in [0.5, 0.6) is 0 Å². The first-order chi connectivity index (χ1) is 9.20. The third-order valence-electron chi connectivity index (χ3n) is 4.14. The van der Waals surface area contributed by atoms with Crippen LogP contribution in [0.25, 0.3) is 0 Å². The standard InChI is InChI=1S/C15H25ClN2O/c1-12-10-13(5-6-15(12)16)18(8-3-7-17)11-14-4-2-9-19-14/h2,4,9,12-13,15H,3,5-8,10-11,17H2,1H3. The van der Waals surface area contributed by atoms with Gasteiger partial charge in [-0.1, -0.05) is 6.92 Å². The number of hydrogen-bond donors (Lipinski definition) is 1. The fraction of sp³-hybridized carbons (Fsp3) is 0.733. The lowest BCUT2D eigenvalue weighted by Gasteiger charge is -2.38. The largest absolute Gasteiger partial charge is 0.468 e. The minimum absolute atomic E-state index is 0.344. The molecule has 1 aliphatic carbocycles. The van der Waals surface area contributed by atoms with Gasteiger partial charge in [-0.05, 0) is 50.3 Å². The second-order valence-corrected chi connectivity index (χ2v) is 6.21. The molecule has 0 saturated heterocycles. The highest BCUT2D eigenvalue weighted by molar-refractivity contribution is 6.20. The van der Waals surface area contributed by atoms with E-state index in [0.29, 0.717) is 17.3 Å². The van der Waals surface area contributed by atoms with Gasteiger partial charge in [0.1, 0.15) is 5.76 Å². The Balaban J connectivity index is 1.96. The van der Waals surface area contributed by atoms with Crippen LogP contribution in [0.1, 0.15) is 38.4 Å². The maximum absolute atomic E-state index is 6.33. The highest BCUT2D eigenvalue weighted by Crippen LogP contribution is 2.32. The predicted molar refractivity (Wildman–Crippen MR) is 79.2 cm³/mol. The normalized spacial score (nSPS) is 27.9. The lowest BCUT2D eigenvalue weighted by molar-refractivity contribution is 0.120. The molecule has 108 valence electrons. The van der Waals surface area contributed by atoms with Gasteiger partial charge in [0.25, 0.3) is 0 Å². The lowest BCUT2D eigenvalue weighted by Crippen LogP contribution is -2.41. The fourth-order valence-electron chi connectivity index (χ4n) is 2.95. The third kappa shape index (κ3) is 4.23. The van der Waals surface area contributed by atoms with Crippen molar-refractivity contribution < 1.29 is 4.42 Å². The molecule has 2 N–H and O–H groups in total. The van der Waals surface area contributed by atoms with E-state index >= 15 is 0 Å². The molecular formula is C15H25ClN2O. The van der Waals surface area contributed by atoms with E-state index in [-0.39, 0.29) is 0 Å². The minimum atomic E-state index is 0.344. The van der Waals surface area contributed by atoms with Crippen LogP contribution in [0.15, 0.2) is 22.8 Å². The average Bonchev–Trinajstić information content (AvgIpc) is 2.91. The molecule has 19 heavy (non-hydrogen) atoms. The summed E-state index contributed by atoms with van der Waals surface area (Å²) in [6.07, 6.45) is 6.26. The van der Waals surface area contributed by atoms with Crippen molar-refractivity contribution in [1.82, 2.24) is 4.90 Å². The summed E-state index contributed by atoms with van der Waals surface area (Å²) >= 11 is 6.33. The maximum atomic E-state index is 6.33. The molecule has 0 radical (unpaired) electrons. The van der Waals surface area contributed by atoms with Gasteiger partial charge in [0.15, 0.2) is 0 Å². The monoisotopic (exact) mass is 284 g/mol. The van der Waals surface area contributed by atoms with Gasteiger partial charge in [0.05, 0.1) is 12.8 Å². The summed E-state index contributed by atoms with van der Waals surface area (Å²) in [5.41, 5.74) is 5.66. The first-order valence-corrected chi connectivity index (χ1v) is 7.75. The summed E-state index contributed by atoms with van der Waals surface area (Å²) in [4.78, 5) is 2.52. The van der Waals surface area contributed by atoms with E-state index in [9.17, 15) is 0 Å². The smallest absolute Gasteiger partial charge is 0.117 e. The second-order valence-electron chi connectivity index (χ2n) is 5.65. The molecule has 4 heteroatoms. The zero-order valence-electron chi connectivity index (χ0n) is 11.7. The number of rotatable bonds is 6. The van der Waals surface area contributed by atoms with E-state index in [1.165, 1.54) is 12.8 Å². The minimum Gasteiger partial charge on any atom is -0.468 e. The van der Waals surface area contributed by atoms with Crippen LogP contribution in [-0.4, -0.2) is 29.4 Å². The topological polar surface area (TPSA) is 42.4 Å². The number of nitrogens with zero attached hydrogens (tertiary/aromatic N) is 1. The Labute approximate surface area is 121 Å². The highest BCUT2D eigenvalue weighted by Gasteiger charge is 2.29. The van der Waals surface area contributed by atoms with E-state index in [1.807, 2.05) is 12.1 Å². The van der Waals surface area contributed by atoms with Gasteiger partial charge >= 0.3 is 0 Å². The van der Waals surface area contributed by atoms with Crippen LogP contribution in [0.4, 0.5) is 0 Å². The maximum Gasteiger partial charge on any atom is 0.117 e. The number of hydrogen-bond acceptors (Lipinski definition) is 3. The number of furan rings is 1. The van der Waals surface area contributed by atoms with Crippen molar-refractivity contribution in [2.24, 2.45) is 11.7 Å². The molecule has 0 amide bonds. The van der Waals surface area contributed by atoms with Gasteiger partial charge < -0.3 is 10.2 Å². The quantitative estimate of drug-likeness (QED) is 0.816. The lowest BCUT2D eigenvalue weighted by atomic mass is 9.85. The van der Waals surface area contributed by atoms with Gasteiger partial charge in [0.2, 0.25) is 0 Å². The Morgan fingerprint density at radius 1 is 1.47 bits per heavy atom. The summed E-state index contributed by atoms with van der Waals surface area (Å²) < 4.78 is 5.48. The Kier molecular flexibility index (Phi) is 5.74. The molecule has 1 aromatic heterocycles. The van der Waals surface area contributed by atoms with E-state index in [1.54, 1.807) is 6.26 Å². The van der Waals surface area contributed by atoms with Gasteiger partial charge in [-0.25, -0.2) is 0 Å². The number of nitrogens with two attached hydrogens (primary N) is 1. The van der Waals surface area contributed by atoms with E-state index < -0.39 is 0 Å². The second kappa shape index (κ2) is 7.32. The number of alkyl halides is 1. The first kappa shape index (κ1) is 14.9. The van der Waals surface area contributed by atoms with E-state index in [0.717, 1.165) is 38.2 Å². The molecule has 3 atom stereocenters. The van der Waals surface area contributed by atoms with E-state index in [2.05, 4.69) is 11.8 Å². The van der Waals surface area contributed by atoms with Crippen molar-refractivity contribution in [2.45, 2.75) is 50.6 Å². The average molecular weight is 285 g/mol. The summed E-state index contributed by atoms with van der Waals surface area (Å²) in [6, 6.07) is 4.61. The van der Waals surface area contributed by atoms with Gasteiger partial charge in [-0.3, -0.25) is 4.90 Å². The predicted octanol–water partition coefficient (Wildman–Crippen LogP) is 3.23. The Bertz CT molecular complexity index is 355. The van der Waals surface area contributed by atoms with E-state index in [4.69, 9.17) is 21.8 Å². The molecule has 0 spiro atoms. The molecule has 0 aromatic carbocycles. The zero-order chi connectivity index (χ0) is 13.7. The van der Waals surface area contributed by atoms with Gasteiger partial charge in [0, 0.05) is 18.0 Å². The molecule has 1 saturated carbocycles. The zero-order valence-corrected chi connectivity index (χ0v) is 12.5. The molecule has 3 unspecified atom stereocenters. The van der Waals surface area contributed by atoms with Crippen molar-refractivity contribution in [3.63, 3.8) is 0 Å². The molecule has 0 bridgehead atoms. The molecule has 2 rings (SSSR count). The van der Waals surface area contributed by atoms with Crippen molar-refractivity contribution in [1.29, 1.82) is 0 Å². The van der Waals surface area contributed by atoms with Crippen LogP contribution in [0.2, 0.25) is 0 Å². The van der Waals surface area contributed by atoms with Crippen LogP contribution in [0.3, 0.4) is 0 Å². The summed E-state index contributed by atoms with van der Waals surface area (Å²) in [5, 5.41) is 0.344. The summed E-state index contributed by atoms with van der Waals surface area (Å²) in [6.45, 7) is 4.94. The Hall–Kier alpha value is -0.510. The first-order valence-electron chi connectivity index (χ1n) is 7.31.